The molecule has 1 aliphatic heterocycles. The second-order valence-electron chi connectivity index (χ2n) is 7.08. The van der Waals surface area contributed by atoms with Crippen LogP contribution in [0.2, 0.25) is 0 Å². The van der Waals surface area contributed by atoms with E-state index in [1.54, 1.807) is 7.11 Å². The van der Waals surface area contributed by atoms with E-state index in [0.717, 1.165) is 66.4 Å². The van der Waals surface area contributed by atoms with E-state index in [2.05, 4.69) is 11.0 Å². The fourth-order valence-electron chi connectivity index (χ4n) is 3.59. The zero-order valence-corrected chi connectivity index (χ0v) is 15.6. The highest BCUT2D eigenvalue weighted by Crippen LogP contribution is 2.31. The van der Waals surface area contributed by atoms with Gasteiger partial charge in [-0.1, -0.05) is 0 Å². The lowest BCUT2D eigenvalue weighted by Gasteiger charge is -2.31. The standard InChI is InChI=1S/C20H28N2O3/c1-13-9-19(24-4)14(2)8-17(13)20-21-18(15(3)25-20)11-22-7-5-6-16(10-22)12-23/h8-9,16,23H,5-7,10-12H2,1-4H3. The lowest BCUT2D eigenvalue weighted by atomic mass is 9.99. The van der Waals surface area contributed by atoms with Gasteiger partial charge in [0, 0.05) is 25.3 Å². The summed E-state index contributed by atoms with van der Waals surface area (Å²) in [4.78, 5) is 7.14. The molecule has 0 amide bonds. The van der Waals surface area contributed by atoms with E-state index in [1.165, 1.54) is 0 Å². The third kappa shape index (κ3) is 3.88. The SMILES string of the molecule is COc1cc(C)c(-c2nc(CN3CCCC(CO)C3)c(C)o2)cc1C. The molecule has 0 saturated carbocycles. The average Bonchev–Trinajstić information content (AvgIpc) is 2.97. The molecule has 0 bridgehead atoms. The van der Waals surface area contributed by atoms with Gasteiger partial charge < -0.3 is 14.3 Å². The molecule has 136 valence electrons. The van der Waals surface area contributed by atoms with E-state index in [4.69, 9.17) is 14.1 Å². The number of aryl methyl sites for hydroxylation is 3. The van der Waals surface area contributed by atoms with E-state index in [0.29, 0.717) is 11.8 Å². The number of rotatable bonds is 5. The summed E-state index contributed by atoms with van der Waals surface area (Å²) < 4.78 is 11.4. The number of piperidine rings is 1. The van der Waals surface area contributed by atoms with Gasteiger partial charge in [0.1, 0.15) is 11.5 Å². The van der Waals surface area contributed by atoms with Crippen LogP contribution in [-0.2, 0) is 6.54 Å². The molecule has 1 fully saturated rings. The number of aliphatic hydroxyl groups excluding tert-OH is 1. The molecule has 0 aliphatic carbocycles. The Hall–Kier alpha value is -1.85. The molecular formula is C20H28N2O3. The van der Waals surface area contributed by atoms with E-state index < -0.39 is 0 Å². The molecule has 3 rings (SSSR count). The molecule has 1 aromatic carbocycles. The number of ether oxygens (including phenoxy) is 1. The van der Waals surface area contributed by atoms with Gasteiger partial charge in [-0.3, -0.25) is 4.90 Å². The summed E-state index contributed by atoms with van der Waals surface area (Å²) in [5.41, 5.74) is 4.16. The van der Waals surface area contributed by atoms with Gasteiger partial charge in [-0.15, -0.1) is 0 Å². The molecule has 25 heavy (non-hydrogen) atoms. The van der Waals surface area contributed by atoms with Crippen molar-refractivity contribution < 1.29 is 14.3 Å². The maximum atomic E-state index is 9.41. The van der Waals surface area contributed by atoms with Gasteiger partial charge in [0.15, 0.2) is 0 Å². The summed E-state index contributed by atoms with van der Waals surface area (Å²) in [5, 5.41) is 9.41. The molecule has 5 nitrogen and oxygen atoms in total. The van der Waals surface area contributed by atoms with Crippen molar-refractivity contribution in [2.24, 2.45) is 5.92 Å². The summed E-state index contributed by atoms with van der Waals surface area (Å²) in [6.45, 7) is 9.08. The molecular weight excluding hydrogens is 316 g/mol. The largest absolute Gasteiger partial charge is 0.496 e. The average molecular weight is 344 g/mol. The molecule has 0 spiro atoms. The molecule has 1 unspecified atom stereocenters. The Morgan fingerprint density at radius 1 is 1.28 bits per heavy atom. The third-order valence-corrected chi connectivity index (χ3v) is 5.10. The summed E-state index contributed by atoms with van der Waals surface area (Å²) in [7, 11) is 1.69. The molecule has 1 aliphatic rings. The van der Waals surface area contributed by atoms with Crippen LogP contribution in [0, 0.1) is 26.7 Å². The number of likely N-dealkylation sites (tertiary alicyclic amines) is 1. The fourth-order valence-corrected chi connectivity index (χ4v) is 3.59. The number of oxazole rings is 1. The first kappa shape index (κ1) is 18.0. The van der Waals surface area contributed by atoms with Crippen molar-refractivity contribution in [1.29, 1.82) is 0 Å². The zero-order valence-electron chi connectivity index (χ0n) is 15.6. The highest BCUT2D eigenvalue weighted by molar-refractivity contribution is 5.62. The fraction of sp³-hybridized carbons (Fsp3) is 0.550. The summed E-state index contributed by atoms with van der Waals surface area (Å²) in [6, 6.07) is 4.10. The molecule has 2 heterocycles. The number of methoxy groups -OCH3 is 1. The predicted octanol–water partition coefficient (Wildman–Crippen LogP) is 3.48. The Balaban J connectivity index is 1.82. The number of nitrogens with zero attached hydrogens (tertiary/aromatic N) is 2. The second-order valence-corrected chi connectivity index (χ2v) is 7.08. The van der Waals surface area contributed by atoms with Crippen molar-refractivity contribution in [3.05, 3.63) is 34.7 Å². The van der Waals surface area contributed by atoms with E-state index in [1.807, 2.05) is 26.8 Å². The van der Waals surface area contributed by atoms with Crippen molar-refractivity contribution in [3.63, 3.8) is 0 Å². The van der Waals surface area contributed by atoms with Crippen molar-refractivity contribution in [3.8, 4) is 17.2 Å². The predicted molar refractivity (Wildman–Crippen MR) is 97.8 cm³/mol. The highest BCUT2D eigenvalue weighted by Gasteiger charge is 2.22. The molecule has 1 saturated heterocycles. The zero-order chi connectivity index (χ0) is 18.0. The Morgan fingerprint density at radius 3 is 2.80 bits per heavy atom. The van der Waals surface area contributed by atoms with Crippen LogP contribution in [0.3, 0.4) is 0 Å². The molecule has 5 heteroatoms. The maximum Gasteiger partial charge on any atom is 0.226 e. The lowest BCUT2D eigenvalue weighted by molar-refractivity contribution is 0.115. The Bertz CT molecular complexity index is 739. The van der Waals surface area contributed by atoms with Crippen molar-refractivity contribution in [2.45, 2.75) is 40.2 Å². The van der Waals surface area contributed by atoms with Gasteiger partial charge in [0.25, 0.3) is 0 Å². The lowest BCUT2D eigenvalue weighted by Crippen LogP contribution is -2.36. The second kappa shape index (κ2) is 7.58. The smallest absolute Gasteiger partial charge is 0.226 e. The molecule has 2 aromatic rings. The van der Waals surface area contributed by atoms with E-state index in [9.17, 15) is 5.11 Å². The minimum Gasteiger partial charge on any atom is -0.496 e. The minimum atomic E-state index is 0.268. The van der Waals surface area contributed by atoms with Gasteiger partial charge in [0.05, 0.1) is 12.8 Å². The van der Waals surface area contributed by atoms with Crippen LogP contribution in [-0.4, -0.2) is 41.8 Å². The van der Waals surface area contributed by atoms with Crippen LogP contribution in [0.1, 0.15) is 35.4 Å². The van der Waals surface area contributed by atoms with Crippen LogP contribution < -0.4 is 4.74 Å². The first-order valence-corrected chi connectivity index (χ1v) is 8.97. The summed E-state index contributed by atoms with van der Waals surface area (Å²) >= 11 is 0. The Kier molecular flexibility index (Phi) is 5.45. The molecule has 0 radical (unpaired) electrons. The van der Waals surface area contributed by atoms with Crippen LogP contribution in [0.5, 0.6) is 5.75 Å². The quantitative estimate of drug-likeness (QED) is 0.900. The van der Waals surface area contributed by atoms with Crippen LogP contribution in [0.4, 0.5) is 0 Å². The summed E-state index contributed by atoms with van der Waals surface area (Å²) in [5.74, 6) is 2.81. The number of aliphatic hydroxyl groups is 1. The first-order chi connectivity index (χ1) is 12.0. The number of hydrogen-bond acceptors (Lipinski definition) is 5. The van der Waals surface area contributed by atoms with E-state index in [-0.39, 0.29) is 6.61 Å². The van der Waals surface area contributed by atoms with Gasteiger partial charge in [-0.05, 0) is 69.3 Å². The third-order valence-electron chi connectivity index (χ3n) is 5.10. The normalized spacial score (nSPS) is 18.5. The maximum absolute atomic E-state index is 9.41. The number of benzene rings is 1. The van der Waals surface area contributed by atoms with Crippen molar-refractivity contribution in [1.82, 2.24) is 9.88 Å². The van der Waals surface area contributed by atoms with Gasteiger partial charge in [-0.25, -0.2) is 4.98 Å². The molecule has 1 N–H and O–H groups in total. The highest BCUT2D eigenvalue weighted by atomic mass is 16.5. The molecule has 1 aromatic heterocycles. The van der Waals surface area contributed by atoms with Crippen molar-refractivity contribution >= 4 is 0 Å². The minimum absolute atomic E-state index is 0.268. The van der Waals surface area contributed by atoms with Crippen LogP contribution in [0.15, 0.2) is 16.5 Å². The number of hydrogen-bond donors (Lipinski definition) is 1. The summed E-state index contributed by atoms with van der Waals surface area (Å²) in [6.07, 6.45) is 2.24. The number of aromatic nitrogens is 1. The van der Waals surface area contributed by atoms with Gasteiger partial charge in [0.2, 0.25) is 5.89 Å². The first-order valence-electron chi connectivity index (χ1n) is 8.97. The Labute approximate surface area is 149 Å². The monoisotopic (exact) mass is 344 g/mol. The van der Waals surface area contributed by atoms with Gasteiger partial charge >= 0.3 is 0 Å². The molecule has 1 atom stereocenters. The van der Waals surface area contributed by atoms with Crippen LogP contribution >= 0.6 is 0 Å². The van der Waals surface area contributed by atoms with Crippen molar-refractivity contribution in [2.75, 3.05) is 26.8 Å². The van der Waals surface area contributed by atoms with Gasteiger partial charge in [-0.2, -0.15) is 0 Å². The van der Waals surface area contributed by atoms with Crippen LogP contribution in [0.25, 0.3) is 11.5 Å². The van der Waals surface area contributed by atoms with E-state index >= 15 is 0 Å². The Morgan fingerprint density at radius 2 is 2.08 bits per heavy atom. The topological polar surface area (TPSA) is 58.7 Å².